The third kappa shape index (κ3) is 9.63. The van der Waals surface area contributed by atoms with E-state index in [9.17, 15) is 17.8 Å². The highest BCUT2D eigenvalue weighted by atomic mass is 32.2. The van der Waals surface area contributed by atoms with Crippen molar-refractivity contribution in [2.75, 3.05) is 32.9 Å². The van der Waals surface area contributed by atoms with E-state index >= 15 is 0 Å². The highest BCUT2D eigenvalue weighted by Crippen LogP contribution is 2.07. The fraction of sp³-hybridized carbons (Fsp3) is 0.750. The van der Waals surface area contributed by atoms with Gasteiger partial charge in [0.15, 0.2) is 0 Å². The Bertz CT molecular complexity index is 427. The quantitative estimate of drug-likeness (QED) is 0.390. The maximum absolute atomic E-state index is 11.8. The zero-order valence-electron chi connectivity index (χ0n) is 12.1. The summed E-state index contributed by atoms with van der Waals surface area (Å²) in [7, 11) is -0.412. The molecule has 0 saturated carbocycles. The van der Waals surface area contributed by atoms with Crippen LogP contribution in [0.1, 0.15) is 20.3 Å². The van der Waals surface area contributed by atoms with E-state index in [2.05, 4.69) is 11.9 Å². The molecule has 0 fully saturated rings. The summed E-state index contributed by atoms with van der Waals surface area (Å²) in [4.78, 5) is 11.8. The fourth-order valence-electron chi connectivity index (χ4n) is 1.76. The second kappa shape index (κ2) is 6.49. The Hall–Kier alpha value is -0.920. The largest absolute Gasteiger partial charge is 0.748 e. The summed E-state index contributed by atoms with van der Waals surface area (Å²) in [6, 6.07) is 0. The van der Waals surface area contributed by atoms with Gasteiger partial charge in [-0.1, -0.05) is 6.58 Å². The Kier molecular flexibility index (Phi) is 6.18. The van der Waals surface area contributed by atoms with Gasteiger partial charge in [0.05, 0.1) is 49.5 Å². The lowest BCUT2D eigenvalue weighted by Gasteiger charge is -2.30. The zero-order chi connectivity index (χ0) is 15.3. The van der Waals surface area contributed by atoms with Crippen molar-refractivity contribution in [2.24, 2.45) is 0 Å². The number of rotatable bonds is 8. The molecule has 7 heteroatoms. The summed E-state index contributed by atoms with van der Waals surface area (Å²) in [6.45, 7) is 8.04. The predicted molar refractivity (Wildman–Crippen MR) is 73.4 cm³/mol. The number of nitrogens with zero attached hydrogens (tertiary/aromatic N) is 1. The standard InChI is InChI=1S/C12H24N2O4S/c1-6-8-14(4,5)9-7-11(15)13-12(2,3)10-19(16,17)18/h6H,1,7-10H2,2-5H3,(H-,13,15,16,17,18). The van der Waals surface area contributed by atoms with Gasteiger partial charge in [-0.15, -0.1) is 0 Å². The van der Waals surface area contributed by atoms with Crippen LogP contribution < -0.4 is 5.32 Å². The average molecular weight is 292 g/mol. The van der Waals surface area contributed by atoms with Crippen LogP contribution in [-0.4, -0.2) is 61.8 Å². The van der Waals surface area contributed by atoms with Gasteiger partial charge in [0.2, 0.25) is 5.91 Å². The van der Waals surface area contributed by atoms with Gasteiger partial charge in [-0.05, 0) is 19.9 Å². The molecule has 1 N–H and O–H groups in total. The van der Waals surface area contributed by atoms with Gasteiger partial charge in [0.25, 0.3) is 0 Å². The summed E-state index contributed by atoms with van der Waals surface area (Å²) in [5, 5.41) is 2.57. The molecule has 0 unspecified atom stereocenters. The summed E-state index contributed by atoms with van der Waals surface area (Å²) in [5.74, 6) is -0.875. The molecule has 0 aliphatic heterocycles. The van der Waals surface area contributed by atoms with E-state index in [0.717, 1.165) is 6.54 Å². The Balaban J connectivity index is 4.35. The molecule has 0 bridgehead atoms. The number of nitrogens with one attached hydrogen (secondary N) is 1. The Morgan fingerprint density at radius 1 is 1.42 bits per heavy atom. The van der Waals surface area contributed by atoms with Gasteiger partial charge >= 0.3 is 0 Å². The van der Waals surface area contributed by atoms with Crippen molar-refractivity contribution in [3.05, 3.63) is 12.7 Å². The first-order chi connectivity index (χ1) is 8.37. The highest BCUT2D eigenvalue weighted by Gasteiger charge is 2.24. The second-order valence-corrected chi connectivity index (χ2v) is 7.42. The topological polar surface area (TPSA) is 86.3 Å². The monoisotopic (exact) mass is 292 g/mol. The van der Waals surface area contributed by atoms with Gasteiger partial charge in [-0.2, -0.15) is 0 Å². The lowest BCUT2D eigenvalue weighted by Crippen LogP contribution is -2.50. The van der Waals surface area contributed by atoms with E-state index in [1.807, 2.05) is 14.1 Å². The van der Waals surface area contributed by atoms with Crippen LogP contribution in [0, 0.1) is 0 Å². The molecule has 0 aromatic rings. The number of hydrogen-bond acceptors (Lipinski definition) is 4. The molecular weight excluding hydrogens is 268 g/mol. The van der Waals surface area contributed by atoms with Crippen molar-refractivity contribution < 1.29 is 22.2 Å². The van der Waals surface area contributed by atoms with E-state index in [1.165, 1.54) is 13.8 Å². The Labute approximate surface area is 115 Å². The lowest BCUT2D eigenvalue weighted by molar-refractivity contribution is -0.883. The average Bonchev–Trinajstić information content (AvgIpc) is 2.09. The molecule has 0 heterocycles. The number of hydrogen-bond donors (Lipinski definition) is 1. The molecule has 6 nitrogen and oxygen atoms in total. The molecule has 0 aromatic carbocycles. The fourth-order valence-corrected chi connectivity index (χ4v) is 2.72. The molecule has 0 aliphatic carbocycles. The van der Waals surface area contributed by atoms with Crippen LogP contribution in [0.4, 0.5) is 0 Å². The number of quaternary nitrogens is 1. The van der Waals surface area contributed by atoms with Crippen molar-refractivity contribution >= 4 is 16.0 Å². The van der Waals surface area contributed by atoms with Crippen molar-refractivity contribution in [3.63, 3.8) is 0 Å². The SMILES string of the molecule is C=CC[N+](C)(C)CCC(=O)NC(C)(C)CS(=O)(=O)[O-]. The number of amides is 1. The predicted octanol–water partition coefficient (Wildman–Crippen LogP) is 0.0789. The van der Waals surface area contributed by atoms with Crippen molar-refractivity contribution in [3.8, 4) is 0 Å². The van der Waals surface area contributed by atoms with Gasteiger partial charge in [0.1, 0.15) is 0 Å². The van der Waals surface area contributed by atoms with Crippen LogP contribution in [-0.2, 0) is 14.9 Å². The van der Waals surface area contributed by atoms with E-state index < -0.39 is 21.4 Å². The van der Waals surface area contributed by atoms with Gasteiger partial charge in [-0.3, -0.25) is 4.79 Å². The maximum Gasteiger partial charge on any atom is 0.226 e. The summed E-state index contributed by atoms with van der Waals surface area (Å²) in [5.41, 5.74) is -1.05. The smallest absolute Gasteiger partial charge is 0.226 e. The third-order valence-corrected chi connectivity index (χ3v) is 3.66. The van der Waals surface area contributed by atoms with E-state index in [1.54, 1.807) is 6.08 Å². The van der Waals surface area contributed by atoms with Crippen LogP contribution in [0.3, 0.4) is 0 Å². The van der Waals surface area contributed by atoms with Crippen molar-refractivity contribution in [1.29, 1.82) is 0 Å². The van der Waals surface area contributed by atoms with Gasteiger partial charge in [0, 0.05) is 5.54 Å². The van der Waals surface area contributed by atoms with E-state index in [4.69, 9.17) is 0 Å². The number of carbonyl (C=O) groups is 1. The van der Waals surface area contributed by atoms with Crippen LogP contribution in [0.5, 0.6) is 0 Å². The number of likely N-dealkylation sites (N-methyl/N-ethyl adjacent to an activating group) is 1. The molecule has 19 heavy (non-hydrogen) atoms. The summed E-state index contributed by atoms with van der Waals surface area (Å²) >= 11 is 0. The first kappa shape index (κ1) is 18.1. The molecule has 112 valence electrons. The third-order valence-electron chi connectivity index (χ3n) is 2.58. The van der Waals surface area contributed by atoms with Crippen LogP contribution in [0.25, 0.3) is 0 Å². The van der Waals surface area contributed by atoms with Crippen LogP contribution in [0.15, 0.2) is 12.7 Å². The van der Waals surface area contributed by atoms with Gasteiger partial charge in [-0.25, -0.2) is 8.42 Å². The molecule has 0 radical (unpaired) electrons. The second-order valence-electron chi connectivity index (χ2n) is 6.01. The minimum absolute atomic E-state index is 0.260. The maximum atomic E-state index is 11.8. The van der Waals surface area contributed by atoms with Crippen molar-refractivity contribution in [2.45, 2.75) is 25.8 Å². The van der Waals surface area contributed by atoms with Crippen LogP contribution in [0.2, 0.25) is 0 Å². The van der Waals surface area contributed by atoms with E-state index in [-0.39, 0.29) is 12.3 Å². The molecular formula is C12H24N2O4S. The highest BCUT2D eigenvalue weighted by molar-refractivity contribution is 7.85. The molecule has 0 saturated heterocycles. The first-order valence-corrected chi connectivity index (χ1v) is 7.62. The van der Waals surface area contributed by atoms with E-state index in [0.29, 0.717) is 11.0 Å². The summed E-state index contributed by atoms with van der Waals surface area (Å²) in [6.07, 6.45) is 2.05. The summed E-state index contributed by atoms with van der Waals surface area (Å²) < 4.78 is 32.8. The molecule has 1 amide bonds. The normalized spacial score (nSPS) is 13.1. The zero-order valence-corrected chi connectivity index (χ0v) is 12.9. The van der Waals surface area contributed by atoms with Gasteiger partial charge < -0.3 is 14.4 Å². The minimum Gasteiger partial charge on any atom is -0.748 e. The molecule has 0 atom stereocenters. The molecule has 0 spiro atoms. The van der Waals surface area contributed by atoms with Crippen LogP contribution >= 0.6 is 0 Å². The number of carbonyl (C=O) groups excluding carboxylic acids is 1. The van der Waals surface area contributed by atoms with Crippen molar-refractivity contribution in [1.82, 2.24) is 5.32 Å². The Morgan fingerprint density at radius 2 is 1.95 bits per heavy atom. The molecule has 0 rings (SSSR count). The first-order valence-electron chi connectivity index (χ1n) is 6.04. The molecule has 0 aromatic heterocycles. The lowest BCUT2D eigenvalue weighted by atomic mass is 10.1. The molecule has 0 aliphatic rings. The minimum atomic E-state index is -4.36. The Morgan fingerprint density at radius 3 is 2.37 bits per heavy atom.